The minimum absolute atomic E-state index is 0.0421. The third kappa shape index (κ3) is 1.50. The number of hydrogen-bond acceptors (Lipinski definition) is 4. The van der Waals surface area contributed by atoms with E-state index in [9.17, 15) is 5.11 Å². The van der Waals surface area contributed by atoms with Crippen molar-refractivity contribution in [1.82, 2.24) is 4.98 Å². The fourth-order valence-corrected chi connectivity index (χ4v) is 2.03. The molecule has 2 rings (SSSR count). The van der Waals surface area contributed by atoms with Crippen molar-refractivity contribution in [3.05, 3.63) is 23.2 Å². The maximum Gasteiger partial charge on any atom is 0.117 e. The van der Waals surface area contributed by atoms with Gasteiger partial charge < -0.3 is 10.8 Å². The lowest BCUT2D eigenvalue weighted by Crippen LogP contribution is -2.03. The van der Waals surface area contributed by atoms with Crippen molar-refractivity contribution in [3.63, 3.8) is 0 Å². The lowest BCUT2D eigenvalue weighted by molar-refractivity contribution is 0.476. The molecule has 1 unspecified atom stereocenters. The van der Waals surface area contributed by atoms with Gasteiger partial charge in [-0.25, -0.2) is 4.98 Å². The topological polar surface area (TPSA) is 59.1 Å². The van der Waals surface area contributed by atoms with E-state index in [1.807, 2.05) is 13.0 Å². The molecule has 1 atom stereocenters. The molecular formula is C9H10N2OS. The fourth-order valence-electron chi connectivity index (χ4n) is 1.13. The highest BCUT2D eigenvalue weighted by Crippen LogP contribution is 2.27. The molecule has 0 saturated carbocycles. The number of fused-ring (bicyclic) bond motifs is 1. The second kappa shape index (κ2) is 2.97. The van der Waals surface area contributed by atoms with Crippen molar-refractivity contribution in [2.45, 2.75) is 13.0 Å². The second-order valence-corrected chi connectivity index (χ2v) is 4.06. The van der Waals surface area contributed by atoms with E-state index in [-0.39, 0.29) is 11.8 Å². The molecule has 0 aliphatic carbocycles. The predicted octanol–water partition coefficient (Wildman–Crippen LogP) is 2.02. The van der Waals surface area contributed by atoms with Gasteiger partial charge >= 0.3 is 0 Å². The molecule has 0 radical (unpaired) electrons. The summed E-state index contributed by atoms with van der Waals surface area (Å²) in [7, 11) is 0. The molecule has 0 spiro atoms. The lowest BCUT2D eigenvalue weighted by atomic mass is 10.3. The summed E-state index contributed by atoms with van der Waals surface area (Å²) in [5, 5.41) is 10.1. The molecule has 0 amide bonds. The average molecular weight is 194 g/mol. The number of rotatable bonds is 1. The number of thiazole rings is 1. The number of aromatic nitrogens is 1. The molecule has 4 heteroatoms. The van der Waals surface area contributed by atoms with Gasteiger partial charge in [0.25, 0.3) is 0 Å². The van der Waals surface area contributed by atoms with Gasteiger partial charge in [-0.15, -0.1) is 11.3 Å². The van der Waals surface area contributed by atoms with Gasteiger partial charge in [-0.1, -0.05) is 0 Å². The Kier molecular flexibility index (Phi) is 1.94. The minimum Gasteiger partial charge on any atom is -0.508 e. The first-order chi connectivity index (χ1) is 6.16. The Balaban J connectivity index is 2.62. The van der Waals surface area contributed by atoms with Gasteiger partial charge in [0.15, 0.2) is 0 Å². The Morgan fingerprint density at radius 3 is 3.00 bits per heavy atom. The Morgan fingerprint density at radius 2 is 2.31 bits per heavy atom. The molecule has 68 valence electrons. The van der Waals surface area contributed by atoms with Crippen LogP contribution in [0, 0.1) is 0 Å². The smallest absolute Gasteiger partial charge is 0.117 e. The number of aromatic hydroxyl groups is 1. The van der Waals surface area contributed by atoms with E-state index in [2.05, 4.69) is 4.98 Å². The van der Waals surface area contributed by atoms with Crippen molar-refractivity contribution in [1.29, 1.82) is 0 Å². The Bertz CT molecular complexity index is 436. The van der Waals surface area contributed by atoms with E-state index in [0.29, 0.717) is 0 Å². The van der Waals surface area contributed by atoms with Gasteiger partial charge in [0.1, 0.15) is 10.8 Å². The Labute approximate surface area is 79.8 Å². The first-order valence-corrected chi connectivity index (χ1v) is 4.83. The van der Waals surface area contributed by atoms with Gasteiger partial charge in [0.05, 0.1) is 16.3 Å². The number of nitrogens with zero attached hydrogens (tertiary/aromatic N) is 1. The van der Waals surface area contributed by atoms with Crippen LogP contribution in [0.25, 0.3) is 10.2 Å². The molecular weight excluding hydrogens is 184 g/mol. The molecule has 13 heavy (non-hydrogen) atoms. The first kappa shape index (κ1) is 8.47. The van der Waals surface area contributed by atoms with E-state index in [0.717, 1.165) is 15.2 Å². The molecule has 0 bridgehead atoms. The maximum absolute atomic E-state index is 9.21. The molecule has 0 saturated heterocycles. The summed E-state index contributed by atoms with van der Waals surface area (Å²) in [5.41, 5.74) is 6.52. The van der Waals surface area contributed by atoms with Gasteiger partial charge in [-0.05, 0) is 19.1 Å². The molecule has 0 aliphatic rings. The summed E-state index contributed by atoms with van der Waals surface area (Å²) in [6, 6.07) is 5.12. The second-order valence-electron chi connectivity index (χ2n) is 2.99. The molecule has 0 aliphatic heterocycles. The van der Waals surface area contributed by atoms with E-state index in [1.165, 1.54) is 0 Å². The van der Waals surface area contributed by atoms with E-state index in [1.54, 1.807) is 23.5 Å². The summed E-state index contributed by atoms with van der Waals surface area (Å²) < 4.78 is 1.06. The van der Waals surface area contributed by atoms with Crippen molar-refractivity contribution in [3.8, 4) is 5.75 Å². The zero-order chi connectivity index (χ0) is 9.42. The lowest BCUT2D eigenvalue weighted by Gasteiger charge is -1.95. The number of benzene rings is 1. The van der Waals surface area contributed by atoms with E-state index < -0.39 is 0 Å². The van der Waals surface area contributed by atoms with Gasteiger partial charge in [-0.3, -0.25) is 0 Å². The predicted molar refractivity (Wildman–Crippen MR) is 53.9 cm³/mol. The van der Waals surface area contributed by atoms with E-state index in [4.69, 9.17) is 5.73 Å². The third-order valence-corrected chi connectivity index (χ3v) is 3.01. The normalized spacial score (nSPS) is 13.4. The summed E-state index contributed by atoms with van der Waals surface area (Å²) >= 11 is 1.57. The minimum atomic E-state index is -0.0421. The summed E-state index contributed by atoms with van der Waals surface area (Å²) in [4.78, 5) is 4.31. The van der Waals surface area contributed by atoms with Crippen LogP contribution in [0.1, 0.15) is 18.0 Å². The van der Waals surface area contributed by atoms with Gasteiger partial charge in [0.2, 0.25) is 0 Å². The average Bonchev–Trinajstić information content (AvgIpc) is 2.46. The van der Waals surface area contributed by atoms with Crippen LogP contribution in [0.15, 0.2) is 18.2 Å². The molecule has 3 N–H and O–H groups in total. The highest BCUT2D eigenvalue weighted by atomic mass is 32.1. The molecule has 1 aromatic carbocycles. The Hall–Kier alpha value is -1.13. The van der Waals surface area contributed by atoms with Crippen LogP contribution in [0.3, 0.4) is 0 Å². The van der Waals surface area contributed by atoms with Crippen LogP contribution < -0.4 is 5.73 Å². The third-order valence-electron chi connectivity index (χ3n) is 1.78. The van der Waals surface area contributed by atoms with Crippen LogP contribution in [0.2, 0.25) is 0 Å². The van der Waals surface area contributed by atoms with Crippen LogP contribution in [-0.4, -0.2) is 10.1 Å². The Morgan fingerprint density at radius 1 is 1.54 bits per heavy atom. The van der Waals surface area contributed by atoms with E-state index >= 15 is 0 Å². The highest BCUT2D eigenvalue weighted by Gasteiger charge is 2.07. The SMILES string of the molecule is CC(N)c1nc2cc(O)ccc2s1. The van der Waals surface area contributed by atoms with Crippen molar-refractivity contribution in [2.75, 3.05) is 0 Å². The van der Waals surface area contributed by atoms with Crippen LogP contribution >= 0.6 is 11.3 Å². The monoisotopic (exact) mass is 194 g/mol. The van der Waals surface area contributed by atoms with Gasteiger partial charge in [-0.2, -0.15) is 0 Å². The zero-order valence-electron chi connectivity index (χ0n) is 7.19. The summed E-state index contributed by atoms with van der Waals surface area (Å²) in [6.07, 6.45) is 0. The number of phenols is 1. The van der Waals surface area contributed by atoms with Crippen molar-refractivity contribution in [2.24, 2.45) is 5.73 Å². The quantitative estimate of drug-likeness (QED) is 0.730. The van der Waals surface area contributed by atoms with Crippen molar-refractivity contribution >= 4 is 21.6 Å². The summed E-state index contributed by atoms with van der Waals surface area (Å²) in [5.74, 6) is 0.244. The first-order valence-electron chi connectivity index (χ1n) is 4.02. The largest absolute Gasteiger partial charge is 0.508 e. The summed E-state index contributed by atoms with van der Waals surface area (Å²) in [6.45, 7) is 1.90. The van der Waals surface area contributed by atoms with Crippen LogP contribution in [0.5, 0.6) is 5.75 Å². The van der Waals surface area contributed by atoms with Crippen LogP contribution in [0.4, 0.5) is 0 Å². The standard InChI is InChI=1S/C9H10N2OS/c1-5(10)9-11-7-4-6(12)2-3-8(7)13-9/h2-5,12H,10H2,1H3. The molecule has 1 aromatic heterocycles. The highest BCUT2D eigenvalue weighted by molar-refractivity contribution is 7.18. The van der Waals surface area contributed by atoms with Crippen molar-refractivity contribution < 1.29 is 5.11 Å². The fraction of sp³-hybridized carbons (Fsp3) is 0.222. The zero-order valence-corrected chi connectivity index (χ0v) is 8.01. The van der Waals surface area contributed by atoms with Crippen LogP contribution in [-0.2, 0) is 0 Å². The molecule has 0 fully saturated rings. The molecule has 3 nitrogen and oxygen atoms in total. The maximum atomic E-state index is 9.21. The number of nitrogens with two attached hydrogens (primary N) is 1. The molecule has 1 heterocycles. The number of phenolic OH excluding ortho intramolecular Hbond substituents is 1. The van der Waals surface area contributed by atoms with Gasteiger partial charge in [0, 0.05) is 6.07 Å². The number of hydrogen-bond donors (Lipinski definition) is 2. The molecule has 2 aromatic rings.